The van der Waals surface area contributed by atoms with Gasteiger partial charge in [-0.05, 0) is 26.3 Å². The average Bonchev–Trinajstić information content (AvgIpc) is 2.51. The van der Waals surface area contributed by atoms with E-state index in [9.17, 15) is 9.59 Å². The molecule has 0 radical (unpaired) electrons. The molecule has 1 N–H and O–H groups in total. The fraction of sp³-hybridized carbons (Fsp3) is 0.444. The minimum absolute atomic E-state index is 0.196. The zero-order valence-corrected chi connectivity index (χ0v) is 14.6. The standard InChI is InChI=1S/C18H25NO5/c1-18(2,3)24-17(21)19-15(10-11-16(20)22-4)13-23-12-14-8-6-5-7-9-14/h5-11,15H,12-13H2,1-4H3,(H,19,21)/b11-10-/t15-/m0/s1. The van der Waals surface area contributed by atoms with Crippen LogP contribution in [0, 0.1) is 0 Å². The molecule has 1 rings (SSSR count). The van der Waals surface area contributed by atoms with Crippen molar-refractivity contribution in [2.45, 2.75) is 39.0 Å². The molecule has 0 saturated heterocycles. The Morgan fingerprint density at radius 2 is 1.88 bits per heavy atom. The van der Waals surface area contributed by atoms with E-state index in [0.29, 0.717) is 6.61 Å². The second kappa shape index (κ2) is 9.72. The highest BCUT2D eigenvalue weighted by Crippen LogP contribution is 2.07. The summed E-state index contributed by atoms with van der Waals surface area (Å²) in [4.78, 5) is 23.1. The zero-order valence-electron chi connectivity index (χ0n) is 14.6. The minimum atomic E-state index is -0.606. The molecule has 1 amide bonds. The molecule has 24 heavy (non-hydrogen) atoms. The van der Waals surface area contributed by atoms with E-state index in [-0.39, 0.29) is 6.61 Å². The van der Waals surface area contributed by atoms with E-state index in [1.807, 2.05) is 30.3 Å². The Labute approximate surface area is 142 Å². The maximum absolute atomic E-state index is 11.9. The summed E-state index contributed by atoms with van der Waals surface area (Å²) < 4.78 is 15.4. The molecule has 0 heterocycles. The van der Waals surface area contributed by atoms with Crippen LogP contribution in [-0.2, 0) is 25.6 Å². The lowest BCUT2D eigenvalue weighted by Crippen LogP contribution is -2.40. The van der Waals surface area contributed by atoms with E-state index in [4.69, 9.17) is 9.47 Å². The second-order valence-corrected chi connectivity index (χ2v) is 6.14. The molecular weight excluding hydrogens is 310 g/mol. The van der Waals surface area contributed by atoms with Crippen molar-refractivity contribution in [3.8, 4) is 0 Å². The molecule has 1 aromatic rings. The van der Waals surface area contributed by atoms with E-state index in [1.54, 1.807) is 20.8 Å². The number of alkyl carbamates (subject to hydrolysis) is 1. The average molecular weight is 335 g/mol. The number of nitrogens with one attached hydrogen (secondary N) is 1. The van der Waals surface area contributed by atoms with Crippen molar-refractivity contribution in [2.24, 2.45) is 0 Å². The minimum Gasteiger partial charge on any atom is -0.466 e. The van der Waals surface area contributed by atoms with Crippen molar-refractivity contribution >= 4 is 12.1 Å². The SMILES string of the molecule is COC(=O)/C=C\[C@@H](COCc1ccccc1)NC(=O)OC(C)(C)C. The van der Waals surface area contributed by atoms with Crippen LogP contribution in [0.5, 0.6) is 0 Å². The predicted octanol–water partition coefficient (Wildman–Crippen LogP) is 2.83. The van der Waals surface area contributed by atoms with Crippen LogP contribution in [0.15, 0.2) is 42.5 Å². The highest BCUT2D eigenvalue weighted by Gasteiger charge is 2.18. The predicted molar refractivity (Wildman–Crippen MR) is 90.4 cm³/mol. The molecule has 132 valence electrons. The summed E-state index contributed by atoms with van der Waals surface area (Å²) >= 11 is 0. The topological polar surface area (TPSA) is 73.9 Å². The van der Waals surface area contributed by atoms with Gasteiger partial charge in [-0.1, -0.05) is 36.4 Å². The van der Waals surface area contributed by atoms with Gasteiger partial charge in [0.1, 0.15) is 5.60 Å². The number of hydrogen-bond acceptors (Lipinski definition) is 5. The Morgan fingerprint density at radius 3 is 2.46 bits per heavy atom. The maximum Gasteiger partial charge on any atom is 0.408 e. The molecule has 0 bridgehead atoms. The number of carbonyl (C=O) groups is 2. The van der Waals surface area contributed by atoms with Gasteiger partial charge >= 0.3 is 12.1 Å². The largest absolute Gasteiger partial charge is 0.466 e. The fourth-order valence-corrected chi connectivity index (χ4v) is 1.75. The zero-order chi connectivity index (χ0) is 18.0. The molecule has 0 aliphatic rings. The molecule has 0 unspecified atom stereocenters. The smallest absolute Gasteiger partial charge is 0.408 e. The number of ether oxygens (including phenoxy) is 3. The summed E-state index contributed by atoms with van der Waals surface area (Å²) in [5, 5.41) is 2.66. The number of hydrogen-bond donors (Lipinski definition) is 1. The van der Waals surface area contributed by atoms with Crippen LogP contribution < -0.4 is 5.32 Å². The van der Waals surface area contributed by atoms with Gasteiger partial charge in [0.2, 0.25) is 0 Å². The van der Waals surface area contributed by atoms with Crippen LogP contribution in [0.2, 0.25) is 0 Å². The van der Waals surface area contributed by atoms with Gasteiger partial charge in [0, 0.05) is 6.08 Å². The van der Waals surface area contributed by atoms with Crippen LogP contribution in [0.25, 0.3) is 0 Å². The first-order valence-electron chi connectivity index (χ1n) is 7.67. The molecular formula is C18H25NO5. The summed E-state index contributed by atoms with van der Waals surface area (Å²) in [6.07, 6.45) is 2.18. The number of rotatable bonds is 7. The van der Waals surface area contributed by atoms with Gasteiger partial charge < -0.3 is 19.5 Å². The highest BCUT2D eigenvalue weighted by molar-refractivity contribution is 5.82. The Morgan fingerprint density at radius 1 is 1.21 bits per heavy atom. The third-order valence-corrected chi connectivity index (χ3v) is 2.78. The van der Waals surface area contributed by atoms with E-state index in [0.717, 1.165) is 5.56 Å². The number of methoxy groups -OCH3 is 1. The molecule has 1 aromatic carbocycles. The van der Waals surface area contributed by atoms with E-state index in [1.165, 1.54) is 19.3 Å². The van der Waals surface area contributed by atoms with Gasteiger partial charge in [-0.15, -0.1) is 0 Å². The fourth-order valence-electron chi connectivity index (χ4n) is 1.75. The van der Waals surface area contributed by atoms with E-state index < -0.39 is 23.7 Å². The lowest BCUT2D eigenvalue weighted by atomic mass is 10.2. The number of esters is 1. The Balaban J connectivity index is 2.58. The van der Waals surface area contributed by atoms with Gasteiger partial charge in [0.15, 0.2) is 0 Å². The van der Waals surface area contributed by atoms with Crippen molar-refractivity contribution in [1.29, 1.82) is 0 Å². The quantitative estimate of drug-likeness (QED) is 0.613. The lowest BCUT2D eigenvalue weighted by Gasteiger charge is -2.22. The van der Waals surface area contributed by atoms with Crippen LogP contribution in [-0.4, -0.2) is 37.4 Å². The van der Waals surface area contributed by atoms with Crippen molar-refractivity contribution in [3.63, 3.8) is 0 Å². The summed E-state index contributed by atoms with van der Waals surface area (Å²) in [6, 6.07) is 9.15. The molecule has 0 spiro atoms. The second-order valence-electron chi connectivity index (χ2n) is 6.14. The lowest BCUT2D eigenvalue weighted by molar-refractivity contribution is -0.134. The molecule has 6 heteroatoms. The molecule has 0 aromatic heterocycles. The number of amides is 1. The molecule has 1 atom stereocenters. The number of carbonyl (C=O) groups excluding carboxylic acids is 2. The van der Waals surface area contributed by atoms with E-state index >= 15 is 0 Å². The van der Waals surface area contributed by atoms with Gasteiger partial charge in [-0.3, -0.25) is 0 Å². The van der Waals surface area contributed by atoms with Crippen LogP contribution in [0.3, 0.4) is 0 Å². The first-order valence-corrected chi connectivity index (χ1v) is 7.67. The Bertz CT molecular complexity index is 548. The monoisotopic (exact) mass is 335 g/mol. The third kappa shape index (κ3) is 8.95. The van der Waals surface area contributed by atoms with Crippen LogP contribution in [0.4, 0.5) is 4.79 Å². The van der Waals surface area contributed by atoms with Gasteiger partial charge in [0.25, 0.3) is 0 Å². The van der Waals surface area contributed by atoms with Crippen molar-refractivity contribution in [3.05, 3.63) is 48.0 Å². The molecule has 0 saturated carbocycles. The first-order chi connectivity index (χ1) is 11.3. The normalized spacial score (nSPS) is 12.7. The summed E-state index contributed by atoms with van der Waals surface area (Å²) in [5.41, 5.74) is 0.413. The molecule has 0 aliphatic heterocycles. The van der Waals surface area contributed by atoms with Crippen LogP contribution >= 0.6 is 0 Å². The van der Waals surface area contributed by atoms with Gasteiger partial charge in [0.05, 0.1) is 26.4 Å². The van der Waals surface area contributed by atoms with Crippen LogP contribution in [0.1, 0.15) is 26.3 Å². The molecule has 0 aliphatic carbocycles. The summed E-state index contributed by atoms with van der Waals surface area (Å²) in [7, 11) is 1.29. The number of benzene rings is 1. The molecule has 6 nitrogen and oxygen atoms in total. The van der Waals surface area contributed by atoms with E-state index in [2.05, 4.69) is 10.1 Å². The summed E-state index contributed by atoms with van der Waals surface area (Å²) in [5.74, 6) is -0.506. The van der Waals surface area contributed by atoms with Crippen molar-refractivity contribution in [2.75, 3.05) is 13.7 Å². The summed E-state index contributed by atoms with van der Waals surface area (Å²) in [6.45, 7) is 5.92. The Hall–Kier alpha value is -2.34. The maximum atomic E-state index is 11.9. The molecule has 0 fully saturated rings. The van der Waals surface area contributed by atoms with Gasteiger partial charge in [-0.2, -0.15) is 0 Å². The third-order valence-electron chi connectivity index (χ3n) is 2.78. The first kappa shape index (κ1) is 19.7. The van der Waals surface area contributed by atoms with Crippen molar-refractivity contribution < 1.29 is 23.8 Å². The highest BCUT2D eigenvalue weighted by atomic mass is 16.6. The van der Waals surface area contributed by atoms with Crippen molar-refractivity contribution in [1.82, 2.24) is 5.32 Å². The Kier molecular flexibility index (Phi) is 7.98. The van der Waals surface area contributed by atoms with Gasteiger partial charge in [-0.25, -0.2) is 9.59 Å².